The molecular formula is C13H25NO3Si. The highest BCUT2D eigenvalue weighted by Gasteiger charge is 2.60. The fourth-order valence-electron chi connectivity index (χ4n) is 2.73. The Balaban J connectivity index is 1.82. The minimum atomic E-state index is -1.67. The number of rotatable bonds is 3. The van der Waals surface area contributed by atoms with Crippen LogP contribution in [-0.2, 0) is 9.16 Å². The lowest BCUT2D eigenvalue weighted by Crippen LogP contribution is -2.43. The second kappa shape index (κ2) is 4.23. The van der Waals surface area contributed by atoms with E-state index >= 15 is 0 Å². The summed E-state index contributed by atoms with van der Waals surface area (Å²) in [6.07, 6.45) is 1.83. The monoisotopic (exact) mass is 271 g/mol. The van der Waals surface area contributed by atoms with E-state index in [9.17, 15) is 4.79 Å². The Bertz CT molecular complexity index is 339. The molecule has 0 aromatic heterocycles. The van der Waals surface area contributed by atoms with Crippen molar-refractivity contribution in [1.29, 1.82) is 0 Å². The Labute approximate surface area is 110 Å². The molecule has 0 radical (unpaired) electrons. The molecule has 0 spiro atoms. The molecule has 2 atom stereocenters. The Morgan fingerprint density at radius 1 is 1.22 bits per heavy atom. The van der Waals surface area contributed by atoms with Gasteiger partial charge in [0, 0.05) is 17.9 Å². The van der Waals surface area contributed by atoms with Crippen molar-refractivity contribution < 1.29 is 14.0 Å². The van der Waals surface area contributed by atoms with E-state index in [0.717, 1.165) is 12.8 Å². The molecule has 2 N–H and O–H groups in total. The summed E-state index contributed by atoms with van der Waals surface area (Å²) in [5.74, 6) is 0.986. The van der Waals surface area contributed by atoms with E-state index in [-0.39, 0.29) is 11.1 Å². The first-order valence-corrected chi connectivity index (χ1v) is 9.66. The van der Waals surface area contributed by atoms with Crippen molar-refractivity contribution in [2.24, 2.45) is 17.6 Å². The van der Waals surface area contributed by atoms with Crippen molar-refractivity contribution in [2.75, 3.05) is 0 Å². The highest BCUT2D eigenvalue weighted by molar-refractivity contribution is 6.74. The molecule has 2 unspecified atom stereocenters. The first-order valence-electron chi connectivity index (χ1n) is 6.76. The zero-order chi connectivity index (χ0) is 13.7. The summed E-state index contributed by atoms with van der Waals surface area (Å²) in [7, 11) is -1.67. The van der Waals surface area contributed by atoms with E-state index in [1.165, 1.54) is 0 Å². The molecule has 5 heteroatoms. The maximum Gasteiger partial charge on any atom is 0.404 e. The van der Waals surface area contributed by atoms with E-state index in [2.05, 4.69) is 33.9 Å². The first-order chi connectivity index (χ1) is 8.12. The third-order valence-corrected chi connectivity index (χ3v) is 9.38. The molecule has 0 bridgehead atoms. The van der Waals surface area contributed by atoms with E-state index in [0.29, 0.717) is 17.9 Å². The second-order valence-corrected chi connectivity index (χ2v) is 12.0. The normalized spacial score (nSPS) is 35.2. The topological polar surface area (TPSA) is 61.6 Å². The van der Waals surface area contributed by atoms with E-state index in [1.807, 2.05) is 0 Å². The Morgan fingerprint density at radius 2 is 1.72 bits per heavy atom. The lowest BCUT2D eigenvalue weighted by atomic mass is 10.2. The van der Waals surface area contributed by atoms with Crippen LogP contribution in [-0.4, -0.2) is 26.6 Å². The third kappa shape index (κ3) is 2.57. The van der Waals surface area contributed by atoms with Crippen LogP contribution in [0, 0.1) is 11.8 Å². The summed E-state index contributed by atoms with van der Waals surface area (Å²) < 4.78 is 11.5. The van der Waals surface area contributed by atoms with Crippen molar-refractivity contribution in [2.45, 2.75) is 64.0 Å². The first kappa shape index (κ1) is 13.9. The summed E-state index contributed by atoms with van der Waals surface area (Å²) >= 11 is 0. The van der Waals surface area contributed by atoms with Gasteiger partial charge in [-0.15, -0.1) is 0 Å². The number of ether oxygens (including phenoxy) is 1. The van der Waals surface area contributed by atoms with Crippen LogP contribution < -0.4 is 5.73 Å². The van der Waals surface area contributed by atoms with Gasteiger partial charge in [0.1, 0.15) is 6.10 Å². The van der Waals surface area contributed by atoms with Gasteiger partial charge in [-0.2, -0.15) is 0 Å². The molecule has 4 nitrogen and oxygen atoms in total. The molecule has 2 aliphatic rings. The lowest BCUT2D eigenvalue weighted by Gasteiger charge is -2.39. The summed E-state index contributed by atoms with van der Waals surface area (Å²) in [4.78, 5) is 10.7. The zero-order valence-electron chi connectivity index (χ0n) is 12.0. The maximum atomic E-state index is 10.7. The minimum Gasteiger partial charge on any atom is -0.446 e. The lowest BCUT2D eigenvalue weighted by molar-refractivity contribution is 0.109. The summed E-state index contributed by atoms with van der Waals surface area (Å²) in [6.45, 7) is 11.3. The highest BCUT2D eigenvalue weighted by Crippen LogP contribution is 2.55. The number of nitrogens with two attached hydrogens (primary N) is 1. The molecule has 18 heavy (non-hydrogen) atoms. The largest absolute Gasteiger partial charge is 0.446 e. The fourth-order valence-corrected chi connectivity index (χ4v) is 4.11. The van der Waals surface area contributed by atoms with Gasteiger partial charge in [-0.1, -0.05) is 20.8 Å². The predicted octanol–water partition coefficient (Wildman–Crippen LogP) is 2.88. The van der Waals surface area contributed by atoms with Crippen molar-refractivity contribution in [3.05, 3.63) is 0 Å². The van der Waals surface area contributed by atoms with Gasteiger partial charge in [-0.3, -0.25) is 0 Å². The summed E-state index contributed by atoms with van der Waals surface area (Å²) in [5, 5.41) is 0.253. The molecule has 0 aliphatic heterocycles. The van der Waals surface area contributed by atoms with Crippen molar-refractivity contribution in [3.63, 3.8) is 0 Å². The second-order valence-electron chi connectivity index (χ2n) is 7.20. The summed E-state index contributed by atoms with van der Waals surface area (Å²) in [5.41, 5.74) is 5.04. The predicted molar refractivity (Wildman–Crippen MR) is 72.7 cm³/mol. The van der Waals surface area contributed by atoms with Gasteiger partial charge in [0.15, 0.2) is 8.32 Å². The summed E-state index contributed by atoms with van der Waals surface area (Å²) in [6, 6.07) is 0. The van der Waals surface area contributed by atoms with Crippen LogP contribution in [0.25, 0.3) is 0 Å². The zero-order valence-corrected chi connectivity index (χ0v) is 13.0. The molecule has 0 saturated heterocycles. The smallest absolute Gasteiger partial charge is 0.404 e. The van der Waals surface area contributed by atoms with Crippen molar-refractivity contribution in [1.82, 2.24) is 0 Å². The van der Waals surface area contributed by atoms with Crippen molar-refractivity contribution >= 4 is 14.4 Å². The molecular weight excluding hydrogens is 246 g/mol. The fraction of sp³-hybridized carbons (Fsp3) is 0.923. The number of hydrogen-bond donors (Lipinski definition) is 1. The van der Waals surface area contributed by atoms with Crippen LogP contribution in [0.2, 0.25) is 18.1 Å². The molecule has 0 heterocycles. The molecule has 1 amide bonds. The third-order valence-electron chi connectivity index (χ3n) is 4.84. The number of carbonyl (C=O) groups excluding carboxylic acids is 1. The molecule has 0 aromatic carbocycles. The Kier molecular flexibility index (Phi) is 3.26. The van der Waals surface area contributed by atoms with Crippen molar-refractivity contribution in [3.8, 4) is 0 Å². The van der Waals surface area contributed by atoms with Crippen LogP contribution in [0.1, 0.15) is 33.6 Å². The van der Waals surface area contributed by atoms with Gasteiger partial charge in [0.25, 0.3) is 0 Å². The Hall–Kier alpha value is -0.553. The molecule has 2 saturated carbocycles. The number of fused-ring (bicyclic) bond motifs is 1. The Morgan fingerprint density at radius 3 is 2.11 bits per heavy atom. The molecule has 2 fully saturated rings. The number of primary amides is 1. The minimum absolute atomic E-state index is 0.0711. The molecule has 104 valence electrons. The van der Waals surface area contributed by atoms with Crippen LogP contribution in [0.5, 0.6) is 0 Å². The molecule has 2 rings (SSSR count). The highest BCUT2D eigenvalue weighted by atomic mass is 28.4. The standard InChI is InChI=1S/C13H25NO3Si/c1-13(2,3)18(4,5)17-8-6-9-10(7-8)11(9)16-12(14)15/h8-11H,6-7H2,1-5H3,(H2,14,15). The van der Waals surface area contributed by atoms with E-state index in [1.54, 1.807) is 0 Å². The number of amides is 1. The maximum absolute atomic E-state index is 10.7. The van der Waals surface area contributed by atoms with Crippen LogP contribution in [0.4, 0.5) is 4.79 Å². The molecule has 0 aromatic rings. The van der Waals surface area contributed by atoms with Gasteiger partial charge in [0.05, 0.1) is 0 Å². The number of carbonyl (C=O) groups is 1. The van der Waals surface area contributed by atoms with Crippen LogP contribution in [0.3, 0.4) is 0 Å². The number of hydrogen-bond acceptors (Lipinski definition) is 3. The van der Waals surface area contributed by atoms with Gasteiger partial charge < -0.3 is 14.9 Å². The van der Waals surface area contributed by atoms with Gasteiger partial charge in [-0.25, -0.2) is 4.79 Å². The van der Waals surface area contributed by atoms with E-state index < -0.39 is 14.4 Å². The van der Waals surface area contributed by atoms with Crippen LogP contribution >= 0.6 is 0 Å². The van der Waals surface area contributed by atoms with Gasteiger partial charge in [-0.05, 0) is 31.0 Å². The van der Waals surface area contributed by atoms with E-state index in [4.69, 9.17) is 14.9 Å². The average Bonchev–Trinajstić information content (AvgIpc) is 2.64. The van der Waals surface area contributed by atoms with Gasteiger partial charge in [0.2, 0.25) is 0 Å². The van der Waals surface area contributed by atoms with Gasteiger partial charge >= 0.3 is 6.09 Å². The van der Waals surface area contributed by atoms with Crippen LogP contribution in [0.15, 0.2) is 0 Å². The molecule has 2 aliphatic carbocycles. The SMILES string of the molecule is CC(C)(C)[Si](C)(C)OC1CC2C(C1)C2OC(N)=O. The average molecular weight is 271 g/mol. The quantitative estimate of drug-likeness (QED) is 0.803.